The summed E-state index contributed by atoms with van der Waals surface area (Å²) in [6.07, 6.45) is 1.94. The molecule has 3 rings (SSSR count). The molecule has 1 aromatic carbocycles. The monoisotopic (exact) mass is 257 g/mol. The molecule has 90 valence electrons. The molecule has 0 radical (unpaired) electrons. The number of benzene rings is 1. The van der Waals surface area contributed by atoms with E-state index in [0.29, 0.717) is 12.1 Å². The smallest absolute Gasteiger partial charge is 0.337 e. The van der Waals surface area contributed by atoms with E-state index in [1.54, 1.807) is 23.5 Å². The molecule has 0 aliphatic rings. The van der Waals surface area contributed by atoms with E-state index >= 15 is 0 Å². The number of rotatable bonds is 3. The standard InChI is InChI=1S/C14H11NO2S/c16-14(17)12-3-1-2-11-4-6-15(13(11)12)8-10-5-7-18-9-10/h1-7,9H,8H2,(H,16,17). The van der Waals surface area contributed by atoms with E-state index in [1.165, 1.54) is 5.56 Å². The van der Waals surface area contributed by atoms with Crippen LogP contribution in [0, 0.1) is 0 Å². The quantitative estimate of drug-likeness (QED) is 0.780. The Labute approximate surface area is 108 Å². The molecule has 0 aliphatic heterocycles. The lowest BCUT2D eigenvalue weighted by molar-refractivity contribution is 0.0698. The second-order valence-electron chi connectivity index (χ2n) is 4.12. The van der Waals surface area contributed by atoms with Gasteiger partial charge in [0.15, 0.2) is 0 Å². The summed E-state index contributed by atoms with van der Waals surface area (Å²) in [6.45, 7) is 0.706. The predicted octanol–water partition coefficient (Wildman–Crippen LogP) is 3.45. The van der Waals surface area contributed by atoms with Gasteiger partial charge in [0, 0.05) is 18.1 Å². The van der Waals surface area contributed by atoms with Crippen molar-refractivity contribution in [2.24, 2.45) is 0 Å². The van der Waals surface area contributed by atoms with Gasteiger partial charge in [-0.05, 0) is 34.5 Å². The van der Waals surface area contributed by atoms with Gasteiger partial charge in [-0.1, -0.05) is 12.1 Å². The Morgan fingerprint density at radius 2 is 2.17 bits per heavy atom. The third kappa shape index (κ3) is 1.80. The first-order valence-corrected chi connectivity index (χ1v) is 6.52. The minimum absolute atomic E-state index is 0.354. The maximum absolute atomic E-state index is 11.3. The van der Waals surface area contributed by atoms with Crippen LogP contribution in [0.4, 0.5) is 0 Å². The van der Waals surface area contributed by atoms with Crippen LogP contribution in [-0.2, 0) is 6.54 Å². The maximum atomic E-state index is 11.3. The summed E-state index contributed by atoms with van der Waals surface area (Å²) in [5, 5.41) is 14.3. The van der Waals surface area contributed by atoms with Crippen LogP contribution in [0.1, 0.15) is 15.9 Å². The van der Waals surface area contributed by atoms with Gasteiger partial charge in [-0.15, -0.1) is 0 Å². The van der Waals surface area contributed by atoms with Gasteiger partial charge in [0.1, 0.15) is 0 Å². The summed E-state index contributed by atoms with van der Waals surface area (Å²) >= 11 is 1.65. The van der Waals surface area contributed by atoms with Crippen LogP contribution in [0.3, 0.4) is 0 Å². The van der Waals surface area contributed by atoms with Gasteiger partial charge in [-0.2, -0.15) is 11.3 Å². The number of aromatic carboxylic acids is 1. The second kappa shape index (κ2) is 4.31. The van der Waals surface area contributed by atoms with Crippen LogP contribution in [0.5, 0.6) is 0 Å². The lowest BCUT2D eigenvalue weighted by Gasteiger charge is -2.06. The lowest BCUT2D eigenvalue weighted by Crippen LogP contribution is -2.03. The molecule has 0 unspecified atom stereocenters. The molecule has 3 nitrogen and oxygen atoms in total. The van der Waals surface area contributed by atoms with E-state index in [-0.39, 0.29) is 0 Å². The van der Waals surface area contributed by atoms with E-state index < -0.39 is 5.97 Å². The molecule has 0 spiro atoms. The van der Waals surface area contributed by atoms with Crippen molar-refractivity contribution < 1.29 is 9.90 Å². The first kappa shape index (κ1) is 11.0. The molecule has 0 saturated heterocycles. The number of nitrogens with zero attached hydrogens (tertiary/aromatic N) is 1. The van der Waals surface area contributed by atoms with Crippen molar-refractivity contribution in [3.05, 3.63) is 58.4 Å². The van der Waals surface area contributed by atoms with Crippen LogP contribution in [-0.4, -0.2) is 15.6 Å². The Bertz CT molecular complexity index is 698. The third-order valence-corrected chi connectivity index (χ3v) is 3.68. The number of carboxylic acid groups (broad SMARTS) is 1. The van der Waals surface area contributed by atoms with Crippen LogP contribution in [0.15, 0.2) is 47.3 Å². The van der Waals surface area contributed by atoms with Crippen LogP contribution >= 0.6 is 11.3 Å². The molecular weight excluding hydrogens is 246 g/mol. The van der Waals surface area contributed by atoms with Gasteiger partial charge in [0.25, 0.3) is 0 Å². The normalized spacial score (nSPS) is 10.9. The van der Waals surface area contributed by atoms with Gasteiger partial charge < -0.3 is 9.67 Å². The molecule has 0 saturated carbocycles. The summed E-state index contributed by atoms with van der Waals surface area (Å²) in [5.41, 5.74) is 2.33. The van der Waals surface area contributed by atoms with Gasteiger partial charge in [0.2, 0.25) is 0 Å². The van der Waals surface area contributed by atoms with Gasteiger partial charge >= 0.3 is 5.97 Å². The summed E-state index contributed by atoms with van der Waals surface area (Å²) < 4.78 is 1.99. The first-order chi connectivity index (χ1) is 8.75. The van der Waals surface area contributed by atoms with E-state index in [9.17, 15) is 9.90 Å². The highest BCUT2D eigenvalue weighted by molar-refractivity contribution is 7.07. The van der Waals surface area contributed by atoms with Crippen molar-refractivity contribution in [2.75, 3.05) is 0 Å². The highest BCUT2D eigenvalue weighted by Crippen LogP contribution is 2.22. The molecule has 0 fully saturated rings. The molecule has 2 heterocycles. The van der Waals surface area contributed by atoms with Gasteiger partial charge in [-0.3, -0.25) is 0 Å². The van der Waals surface area contributed by atoms with E-state index in [2.05, 4.69) is 11.4 Å². The zero-order valence-corrected chi connectivity index (χ0v) is 10.4. The molecule has 0 bridgehead atoms. The van der Waals surface area contributed by atoms with E-state index in [4.69, 9.17) is 0 Å². The average molecular weight is 257 g/mol. The predicted molar refractivity (Wildman–Crippen MR) is 72.3 cm³/mol. The Hall–Kier alpha value is -2.07. The molecule has 4 heteroatoms. The third-order valence-electron chi connectivity index (χ3n) is 2.95. The first-order valence-electron chi connectivity index (χ1n) is 5.58. The molecule has 2 aromatic heterocycles. The fourth-order valence-corrected chi connectivity index (χ4v) is 2.80. The Kier molecular flexibility index (Phi) is 2.64. The summed E-state index contributed by atoms with van der Waals surface area (Å²) in [6, 6.07) is 9.37. The fourth-order valence-electron chi connectivity index (χ4n) is 2.14. The molecule has 1 N–H and O–H groups in total. The number of fused-ring (bicyclic) bond motifs is 1. The molecule has 0 atom stereocenters. The molecule has 3 aromatic rings. The maximum Gasteiger partial charge on any atom is 0.337 e. The summed E-state index contributed by atoms with van der Waals surface area (Å²) in [4.78, 5) is 11.3. The number of aromatic nitrogens is 1. The van der Waals surface area contributed by atoms with Crippen molar-refractivity contribution in [2.45, 2.75) is 6.54 Å². The number of carbonyl (C=O) groups is 1. The highest BCUT2D eigenvalue weighted by Gasteiger charge is 2.12. The van der Waals surface area contributed by atoms with Crippen LogP contribution < -0.4 is 0 Å². The van der Waals surface area contributed by atoms with Crippen molar-refractivity contribution in [1.82, 2.24) is 4.57 Å². The van der Waals surface area contributed by atoms with E-state index in [0.717, 1.165) is 10.9 Å². The number of hydrogen-bond donors (Lipinski definition) is 1. The highest BCUT2D eigenvalue weighted by atomic mass is 32.1. The van der Waals surface area contributed by atoms with Crippen molar-refractivity contribution in [3.63, 3.8) is 0 Å². The Morgan fingerprint density at radius 1 is 1.28 bits per heavy atom. The minimum Gasteiger partial charge on any atom is -0.478 e. The van der Waals surface area contributed by atoms with Crippen molar-refractivity contribution in [3.8, 4) is 0 Å². The van der Waals surface area contributed by atoms with Gasteiger partial charge in [0.05, 0.1) is 11.1 Å². The fraction of sp³-hybridized carbons (Fsp3) is 0.0714. The largest absolute Gasteiger partial charge is 0.478 e. The van der Waals surface area contributed by atoms with Gasteiger partial charge in [-0.25, -0.2) is 4.79 Å². The topological polar surface area (TPSA) is 42.2 Å². The summed E-state index contributed by atoms with van der Waals surface area (Å²) in [5.74, 6) is -0.883. The molecule has 0 amide bonds. The van der Waals surface area contributed by atoms with Crippen molar-refractivity contribution in [1.29, 1.82) is 0 Å². The minimum atomic E-state index is -0.883. The van der Waals surface area contributed by atoms with Crippen LogP contribution in [0.2, 0.25) is 0 Å². The lowest BCUT2D eigenvalue weighted by atomic mass is 10.1. The number of carboxylic acids is 1. The number of thiophene rings is 1. The number of hydrogen-bond acceptors (Lipinski definition) is 2. The Balaban J connectivity index is 2.15. The van der Waals surface area contributed by atoms with Crippen LogP contribution in [0.25, 0.3) is 10.9 Å². The zero-order chi connectivity index (χ0) is 12.5. The second-order valence-corrected chi connectivity index (χ2v) is 4.90. The zero-order valence-electron chi connectivity index (χ0n) is 9.54. The summed E-state index contributed by atoms with van der Waals surface area (Å²) in [7, 11) is 0. The molecular formula is C14H11NO2S. The van der Waals surface area contributed by atoms with Crippen molar-refractivity contribution >= 4 is 28.2 Å². The number of para-hydroxylation sites is 1. The molecule has 0 aliphatic carbocycles. The SMILES string of the molecule is O=C(O)c1cccc2ccn(Cc3ccsc3)c12. The Morgan fingerprint density at radius 3 is 2.89 bits per heavy atom. The van der Waals surface area contributed by atoms with E-state index in [1.807, 2.05) is 28.3 Å². The average Bonchev–Trinajstić information content (AvgIpc) is 2.99. The molecule has 18 heavy (non-hydrogen) atoms.